The molecule has 0 spiro atoms. The third-order valence-electron chi connectivity index (χ3n) is 3.97. The second kappa shape index (κ2) is 7.57. The van der Waals surface area contributed by atoms with Gasteiger partial charge in [-0.25, -0.2) is 4.98 Å². The van der Waals surface area contributed by atoms with Crippen molar-refractivity contribution >= 4 is 17.7 Å². The fourth-order valence-electron chi connectivity index (χ4n) is 2.62. The highest BCUT2D eigenvalue weighted by molar-refractivity contribution is 8.00. The normalized spacial score (nSPS) is 12.0. The zero-order valence-corrected chi connectivity index (χ0v) is 15.4. The molecule has 3 rings (SSSR count). The Morgan fingerprint density at radius 2 is 1.76 bits per heavy atom. The molecule has 3 aromatic rings. The minimum absolute atomic E-state index is 0.0514. The molecule has 1 heterocycles. The molecule has 1 aromatic heterocycles. The van der Waals surface area contributed by atoms with Gasteiger partial charge in [-0.05, 0) is 24.1 Å². The Morgan fingerprint density at radius 1 is 1.08 bits per heavy atom. The molecule has 2 aromatic carbocycles. The van der Waals surface area contributed by atoms with Gasteiger partial charge >= 0.3 is 0 Å². The zero-order chi connectivity index (χ0) is 17.8. The number of aromatic nitrogens is 2. The molecule has 128 valence electrons. The number of rotatable bonds is 5. The first-order chi connectivity index (χ1) is 12.1. The summed E-state index contributed by atoms with van der Waals surface area (Å²) in [6.07, 6.45) is 3.71. The van der Waals surface area contributed by atoms with Gasteiger partial charge in [-0.15, -0.1) is 0 Å². The second-order valence-electron chi connectivity index (χ2n) is 6.01. The van der Waals surface area contributed by atoms with Crippen LogP contribution in [0.4, 0.5) is 0 Å². The smallest absolute Gasteiger partial charge is 0.240 e. The lowest BCUT2D eigenvalue weighted by Gasteiger charge is -2.21. The van der Waals surface area contributed by atoms with Crippen LogP contribution in [0.15, 0.2) is 72.1 Å². The summed E-state index contributed by atoms with van der Waals surface area (Å²) in [5, 5.41) is 0.472. The number of carbonyl (C=O) groups is 1. The second-order valence-corrected chi connectivity index (χ2v) is 7.08. The first kappa shape index (κ1) is 17.3. The molecule has 1 amide bonds. The molecule has 1 atom stereocenters. The van der Waals surface area contributed by atoms with Crippen LogP contribution >= 0.6 is 11.8 Å². The van der Waals surface area contributed by atoms with E-state index in [0.29, 0.717) is 0 Å². The molecule has 25 heavy (non-hydrogen) atoms. The van der Waals surface area contributed by atoms with E-state index >= 15 is 0 Å². The summed E-state index contributed by atoms with van der Waals surface area (Å²) in [5.41, 5.74) is 3.22. The van der Waals surface area contributed by atoms with Crippen LogP contribution < -0.4 is 0 Å². The average molecular weight is 351 g/mol. The van der Waals surface area contributed by atoms with E-state index in [1.165, 1.54) is 11.8 Å². The van der Waals surface area contributed by atoms with Crippen LogP contribution in [0.1, 0.15) is 16.4 Å². The molecule has 0 bridgehead atoms. The number of hydrogen-bond acceptors (Lipinski definition) is 3. The van der Waals surface area contributed by atoms with Gasteiger partial charge in [0.25, 0.3) is 0 Å². The fraction of sp³-hybridized carbons (Fsp3) is 0.200. The van der Waals surface area contributed by atoms with E-state index < -0.39 is 0 Å². The third-order valence-corrected chi connectivity index (χ3v) is 5.19. The molecule has 0 unspecified atom stereocenters. The van der Waals surface area contributed by atoms with Crippen molar-refractivity contribution in [3.63, 3.8) is 0 Å². The Kier molecular flexibility index (Phi) is 5.24. The van der Waals surface area contributed by atoms with Gasteiger partial charge in [-0.2, -0.15) is 0 Å². The molecule has 0 aliphatic rings. The van der Waals surface area contributed by atoms with E-state index in [1.807, 2.05) is 53.2 Å². The molecule has 4 nitrogen and oxygen atoms in total. The van der Waals surface area contributed by atoms with E-state index in [4.69, 9.17) is 0 Å². The van der Waals surface area contributed by atoms with Crippen LogP contribution in [-0.2, 0) is 4.79 Å². The summed E-state index contributed by atoms with van der Waals surface area (Å²) in [6.45, 7) is 2.07. The maximum atomic E-state index is 12.8. The van der Waals surface area contributed by atoms with Crippen LogP contribution in [0, 0.1) is 6.92 Å². The predicted molar refractivity (Wildman–Crippen MR) is 102 cm³/mol. The number of aryl methyl sites for hydroxylation is 1. The molecule has 0 saturated carbocycles. The van der Waals surface area contributed by atoms with Gasteiger partial charge in [-0.1, -0.05) is 60.3 Å². The third kappa shape index (κ3) is 3.77. The van der Waals surface area contributed by atoms with Gasteiger partial charge in [0.2, 0.25) is 5.91 Å². The summed E-state index contributed by atoms with van der Waals surface area (Å²) in [5.74, 6) is 0.0514. The minimum atomic E-state index is -0.332. The summed E-state index contributed by atoms with van der Waals surface area (Å²) in [4.78, 5) is 18.9. The van der Waals surface area contributed by atoms with Crippen LogP contribution in [0.2, 0.25) is 0 Å². The molecule has 0 N–H and O–H groups in total. The number of amides is 1. The van der Waals surface area contributed by atoms with Crippen molar-refractivity contribution in [2.75, 3.05) is 14.1 Å². The zero-order valence-electron chi connectivity index (χ0n) is 14.6. The first-order valence-corrected chi connectivity index (χ1v) is 8.98. The lowest BCUT2D eigenvalue weighted by molar-refractivity contribution is -0.128. The Hall–Kier alpha value is -2.53. The quantitative estimate of drug-likeness (QED) is 0.650. The Morgan fingerprint density at radius 3 is 2.44 bits per heavy atom. The minimum Gasteiger partial charge on any atom is -0.348 e. The van der Waals surface area contributed by atoms with E-state index in [2.05, 4.69) is 24.0 Å². The molecule has 0 aliphatic carbocycles. The van der Waals surface area contributed by atoms with Gasteiger partial charge in [0.1, 0.15) is 5.25 Å². The molecule has 0 fully saturated rings. The first-order valence-electron chi connectivity index (χ1n) is 8.10. The average Bonchev–Trinajstić information content (AvgIpc) is 3.08. The Bertz CT molecular complexity index is 858. The Balaban J connectivity index is 1.98. The van der Waals surface area contributed by atoms with Gasteiger partial charge in [0, 0.05) is 26.5 Å². The standard InChI is InChI=1S/C20H21N3OS/c1-15-9-7-8-12-17(15)23-14-13-21-20(23)25-18(19(24)22(2)3)16-10-5-4-6-11-16/h4-14,18H,1-3H3/t18-/m0/s1. The van der Waals surface area contributed by atoms with E-state index in [-0.39, 0.29) is 11.2 Å². The van der Waals surface area contributed by atoms with Crippen LogP contribution in [-0.4, -0.2) is 34.5 Å². The lowest BCUT2D eigenvalue weighted by atomic mass is 10.1. The molecule has 5 heteroatoms. The lowest BCUT2D eigenvalue weighted by Crippen LogP contribution is -2.27. The SMILES string of the molecule is Cc1ccccc1-n1ccnc1S[C@H](C(=O)N(C)C)c1ccccc1. The summed E-state index contributed by atoms with van der Waals surface area (Å²) >= 11 is 1.48. The van der Waals surface area contributed by atoms with E-state index in [0.717, 1.165) is 22.0 Å². The number of imidazole rings is 1. The number of thioether (sulfide) groups is 1. The van der Waals surface area contributed by atoms with Gasteiger partial charge < -0.3 is 4.90 Å². The fourth-order valence-corrected chi connectivity index (χ4v) is 3.83. The molecule has 0 saturated heterocycles. The maximum Gasteiger partial charge on any atom is 0.240 e. The van der Waals surface area contributed by atoms with Crippen LogP contribution in [0.25, 0.3) is 5.69 Å². The van der Waals surface area contributed by atoms with Gasteiger partial charge in [0.15, 0.2) is 5.16 Å². The highest BCUT2D eigenvalue weighted by Crippen LogP contribution is 2.36. The van der Waals surface area contributed by atoms with Crippen LogP contribution in [0.3, 0.4) is 0 Å². The number of benzene rings is 2. The number of nitrogens with zero attached hydrogens (tertiary/aromatic N) is 3. The summed E-state index contributed by atoms with van der Waals surface area (Å²) in [6, 6.07) is 18.0. The van der Waals surface area contributed by atoms with Crippen molar-refractivity contribution in [3.8, 4) is 5.69 Å². The van der Waals surface area contributed by atoms with Crippen molar-refractivity contribution in [2.45, 2.75) is 17.3 Å². The highest BCUT2D eigenvalue weighted by Gasteiger charge is 2.25. The van der Waals surface area contributed by atoms with Crippen molar-refractivity contribution in [1.29, 1.82) is 0 Å². The van der Waals surface area contributed by atoms with Crippen molar-refractivity contribution in [2.24, 2.45) is 0 Å². The topological polar surface area (TPSA) is 38.1 Å². The summed E-state index contributed by atoms with van der Waals surface area (Å²) in [7, 11) is 3.57. The predicted octanol–water partition coefficient (Wildman–Crippen LogP) is 4.10. The van der Waals surface area contributed by atoms with E-state index in [1.54, 1.807) is 25.2 Å². The number of hydrogen-bond donors (Lipinski definition) is 0. The van der Waals surface area contributed by atoms with Crippen molar-refractivity contribution in [1.82, 2.24) is 14.5 Å². The van der Waals surface area contributed by atoms with Crippen molar-refractivity contribution in [3.05, 3.63) is 78.1 Å². The molecular weight excluding hydrogens is 330 g/mol. The Labute approximate surface area is 152 Å². The largest absolute Gasteiger partial charge is 0.348 e. The number of carbonyl (C=O) groups excluding carboxylic acids is 1. The van der Waals surface area contributed by atoms with Crippen molar-refractivity contribution < 1.29 is 4.79 Å². The molecular formula is C20H21N3OS. The number of likely N-dealkylation sites (N-methyl/N-ethyl adjacent to an activating group) is 1. The van der Waals surface area contributed by atoms with E-state index in [9.17, 15) is 4.79 Å². The summed E-state index contributed by atoms with van der Waals surface area (Å²) < 4.78 is 2.04. The number of para-hydroxylation sites is 1. The monoisotopic (exact) mass is 351 g/mol. The molecule has 0 radical (unpaired) electrons. The highest BCUT2D eigenvalue weighted by atomic mass is 32.2. The van der Waals surface area contributed by atoms with Gasteiger partial charge in [0.05, 0.1) is 5.69 Å². The van der Waals surface area contributed by atoms with Crippen LogP contribution in [0.5, 0.6) is 0 Å². The maximum absolute atomic E-state index is 12.8. The van der Waals surface area contributed by atoms with Gasteiger partial charge in [-0.3, -0.25) is 9.36 Å². The molecule has 0 aliphatic heterocycles.